The maximum Gasteiger partial charge on any atom is 0.419 e. The summed E-state index contributed by atoms with van der Waals surface area (Å²) in [5.74, 6) is -0.895. The molecule has 0 radical (unpaired) electrons. The second-order valence-electron chi connectivity index (χ2n) is 16.8. The summed E-state index contributed by atoms with van der Waals surface area (Å²) >= 11 is 0. The van der Waals surface area contributed by atoms with Gasteiger partial charge in [-0.3, -0.25) is 24.0 Å². The van der Waals surface area contributed by atoms with Gasteiger partial charge >= 0.3 is 23.8 Å². The summed E-state index contributed by atoms with van der Waals surface area (Å²) in [4.78, 5) is 78.1. The number of likely N-dealkylation sites (tertiary alicyclic amines) is 2. The van der Waals surface area contributed by atoms with Gasteiger partial charge in [0, 0.05) is 96.7 Å². The number of oxazole rings is 1. The number of hydrogen-bond acceptors (Lipinski definition) is 11. The number of esters is 1. The van der Waals surface area contributed by atoms with Crippen molar-refractivity contribution in [3.05, 3.63) is 63.6 Å². The van der Waals surface area contributed by atoms with Crippen molar-refractivity contribution in [3.8, 4) is 0 Å². The Morgan fingerprint density at radius 1 is 0.898 bits per heavy atom. The van der Waals surface area contributed by atoms with E-state index in [4.69, 9.17) is 13.9 Å². The van der Waals surface area contributed by atoms with E-state index < -0.39 is 18.0 Å². The van der Waals surface area contributed by atoms with Crippen LogP contribution in [0.2, 0.25) is 0 Å². The molecule has 3 aromatic rings. The van der Waals surface area contributed by atoms with Crippen LogP contribution in [0.3, 0.4) is 0 Å². The number of para-hydroxylation sites is 1. The number of nitrogens with one attached hydrogen (secondary N) is 1. The van der Waals surface area contributed by atoms with Crippen LogP contribution in [0.15, 0.2) is 45.6 Å². The van der Waals surface area contributed by atoms with Crippen molar-refractivity contribution in [1.82, 2.24) is 34.0 Å². The maximum atomic E-state index is 14.3. The van der Waals surface area contributed by atoms with Crippen LogP contribution in [-0.2, 0) is 39.0 Å². The third kappa shape index (κ3) is 10.3. The van der Waals surface area contributed by atoms with E-state index in [1.165, 1.54) is 4.57 Å². The Morgan fingerprint density at radius 2 is 1.61 bits per heavy atom. The second-order valence-corrected chi connectivity index (χ2v) is 16.8. The Kier molecular flexibility index (Phi) is 13.6. The SMILES string of the molecule is Cc1cc(C[C@@H](OC(=O)N2CCC(N3CCc4ccccc4NC3=O)CC2)C(=O)N2CCN(C3CCN(CC(=O)OCCCN(C)C)CC3)CC2)cc2oc(=O)n(C)c12. The standard InChI is InChI=1S/C43H60N8O8/c1-30-26-31(27-36-39(30)46(4)42(55)58-36)28-37(59-43(56)50-18-13-34(14-19-50)51-20-10-32-8-5-6-9-35(32)44-41(51)54)40(53)49-23-21-48(22-24-49)33-11-16-47(17-12-33)29-38(52)57-25-7-15-45(2)3/h5-6,8-9,26-27,33-34,37H,7,10-25,28-29H2,1-4H3,(H,44,54)/t37-/m1/s1. The minimum atomic E-state index is -1.08. The second kappa shape index (κ2) is 19.0. The number of ether oxygens (including phenoxy) is 2. The van der Waals surface area contributed by atoms with Crippen molar-refractivity contribution in [2.24, 2.45) is 7.05 Å². The average molecular weight is 817 g/mol. The molecule has 0 bridgehead atoms. The van der Waals surface area contributed by atoms with E-state index in [2.05, 4.69) is 20.0 Å². The lowest BCUT2D eigenvalue weighted by atomic mass is 10.0. The lowest BCUT2D eigenvalue weighted by Crippen LogP contribution is -2.57. The van der Waals surface area contributed by atoms with Crippen LogP contribution in [0.25, 0.3) is 11.1 Å². The predicted molar refractivity (Wildman–Crippen MR) is 222 cm³/mol. The minimum absolute atomic E-state index is 0.0240. The molecular weight excluding hydrogens is 757 g/mol. The van der Waals surface area contributed by atoms with E-state index in [-0.39, 0.29) is 30.4 Å². The van der Waals surface area contributed by atoms with E-state index >= 15 is 0 Å². The normalized spacial score (nSPS) is 19.4. The van der Waals surface area contributed by atoms with Gasteiger partial charge in [0.15, 0.2) is 11.7 Å². The smallest absolute Gasteiger partial charge is 0.419 e. The molecule has 1 aromatic heterocycles. The number of piperazine rings is 1. The number of piperidine rings is 2. The highest BCUT2D eigenvalue weighted by Crippen LogP contribution is 2.27. The first-order chi connectivity index (χ1) is 28.4. The number of amides is 4. The topological polar surface area (TPSA) is 153 Å². The molecule has 4 aliphatic rings. The van der Waals surface area contributed by atoms with Crippen LogP contribution >= 0.6 is 0 Å². The van der Waals surface area contributed by atoms with Crippen LogP contribution < -0.4 is 11.1 Å². The Bertz CT molecular complexity index is 2020. The van der Waals surface area contributed by atoms with E-state index in [9.17, 15) is 24.0 Å². The van der Waals surface area contributed by atoms with Gasteiger partial charge in [-0.25, -0.2) is 14.4 Å². The van der Waals surface area contributed by atoms with E-state index in [0.717, 1.165) is 67.7 Å². The molecule has 16 nitrogen and oxygen atoms in total. The molecule has 5 heterocycles. The number of rotatable bonds is 12. The van der Waals surface area contributed by atoms with Gasteiger partial charge in [0.05, 0.1) is 18.7 Å². The molecule has 16 heteroatoms. The number of aryl methyl sites for hydroxylation is 2. The van der Waals surface area contributed by atoms with Crippen molar-refractivity contribution < 1.29 is 33.1 Å². The Labute approximate surface area is 345 Å². The van der Waals surface area contributed by atoms with Gasteiger partial charge in [-0.15, -0.1) is 0 Å². The number of benzene rings is 2. The van der Waals surface area contributed by atoms with Crippen LogP contribution in [0.4, 0.5) is 15.3 Å². The van der Waals surface area contributed by atoms with E-state index in [1.54, 1.807) is 22.9 Å². The first-order valence-corrected chi connectivity index (χ1v) is 21.2. The number of carbonyl (C=O) groups excluding carboxylic acids is 4. The quantitative estimate of drug-likeness (QED) is 0.212. The van der Waals surface area contributed by atoms with Gasteiger partial charge in [-0.2, -0.15) is 0 Å². The van der Waals surface area contributed by atoms with E-state index in [1.807, 2.05) is 56.3 Å². The Morgan fingerprint density at radius 3 is 2.34 bits per heavy atom. The van der Waals surface area contributed by atoms with Crippen LogP contribution in [-0.4, -0.2) is 169 Å². The van der Waals surface area contributed by atoms with Crippen molar-refractivity contribution in [3.63, 3.8) is 0 Å². The number of carbonyl (C=O) groups is 4. The van der Waals surface area contributed by atoms with Gasteiger partial charge in [-0.1, -0.05) is 24.3 Å². The lowest BCUT2D eigenvalue weighted by Gasteiger charge is -2.43. The third-order valence-electron chi connectivity index (χ3n) is 12.4. The molecule has 320 valence electrons. The van der Waals surface area contributed by atoms with Crippen LogP contribution in [0.1, 0.15) is 48.8 Å². The Hall–Kier alpha value is -4.93. The van der Waals surface area contributed by atoms with Crippen molar-refractivity contribution >= 4 is 40.8 Å². The molecule has 4 aliphatic heterocycles. The first kappa shape index (κ1) is 42.2. The molecule has 0 spiro atoms. The molecule has 3 saturated heterocycles. The van der Waals surface area contributed by atoms with Crippen molar-refractivity contribution in [1.29, 1.82) is 0 Å². The molecule has 2 aromatic carbocycles. The number of anilines is 1. The monoisotopic (exact) mass is 816 g/mol. The first-order valence-electron chi connectivity index (χ1n) is 21.2. The van der Waals surface area contributed by atoms with E-state index in [0.29, 0.717) is 88.9 Å². The van der Waals surface area contributed by atoms with Crippen LogP contribution in [0.5, 0.6) is 0 Å². The molecule has 1 atom stereocenters. The third-order valence-corrected chi connectivity index (χ3v) is 12.4. The zero-order chi connectivity index (χ0) is 41.6. The molecule has 1 N–H and O–H groups in total. The molecule has 7 rings (SSSR count). The van der Waals surface area contributed by atoms with Crippen LogP contribution in [0, 0.1) is 6.92 Å². The number of aromatic nitrogens is 1. The number of urea groups is 1. The molecule has 4 amide bonds. The molecule has 0 aliphatic carbocycles. The summed E-state index contributed by atoms with van der Waals surface area (Å²) in [6.45, 7) is 8.96. The fraction of sp³-hybridized carbons (Fsp3) is 0.605. The summed E-state index contributed by atoms with van der Waals surface area (Å²) in [6.07, 6.45) is 3.13. The van der Waals surface area contributed by atoms with Gasteiger partial charge in [0.1, 0.15) is 0 Å². The van der Waals surface area contributed by atoms with Gasteiger partial charge in [0.25, 0.3) is 5.91 Å². The number of fused-ring (bicyclic) bond motifs is 2. The molecule has 0 saturated carbocycles. The lowest BCUT2D eigenvalue weighted by molar-refractivity contribution is -0.145. The highest BCUT2D eigenvalue weighted by atomic mass is 16.6. The maximum absolute atomic E-state index is 14.3. The summed E-state index contributed by atoms with van der Waals surface area (Å²) in [5, 5.41) is 3.05. The fourth-order valence-electron chi connectivity index (χ4n) is 9.14. The molecule has 3 fully saturated rings. The van der Waals surface area contributed by atoms with Gasteiger partial charge in [-0.05, 0) is 88.4 Å². The summed E-state index contributed by atoms with van der Waals surface area (Å²) in [7, 11) is 5.66. The van der Waals surface area contributed by atoms with Gasteiger partial charge in [0.2, 0.25) is 0 Å². The number of nitrogens with zero attached hydrogens (tertiary/aromatic N) is 7. The number of hydrogen-bond donors (Lipinski definition) is 1. The summed E-state index contributed by atoms with van der Waals surface area (Å²) in [5.41, 5.74) is 4.59. The highest BCUT2D eigenvalue weighted by Gasteiger charge is 2.37. The van der Waals surface area contributed by atoms with Gasteiger partial charge < -0.3 is 38.8 Å². The minimum Gasteiger partial charge on any atom is -0.465 e. The summed E-state index contributed by atoms with van der Waals surface area (Å²) in [6, 6.07) is 11.7. The van der Waals surface area contributed by atoms with Crippen molar-refractivity contribution in [2.45, 2.75) is 70.1 Å². The zero-order valence-electron chi connectivity index (χ0n) is 35.0. The highest BCUT2D eigenvalue weighted by molar-refractivity contribution is 5.91. The van der Waals surface area contributed by atoms with Crippen molar-refractivity contribution in [2.75, 3.05) is 98.0 Å². The fourth-order valence-corrected chi connectivity index (χ4v) is 9.14. The Balaban J connectivity index is 0.946. The zero-order valence-corrected chi connectivity index (χ0v) is 35.0. The molecule has 0 unspecified atom stereocenters. The predicted octanol–water partition coefficient (Wildman–Crippen LogP) is 3.15. The average Bonchev–Trinajstić information content (AvgIpc) is 3.40. The molecule has 59 heavy (non-hydrogen) atoms. The summed E-state index contributed by atoms with van der Waals surface area (Å²) < 4.78 is 18.5. The largest absolute Gasteiger partial charge is 0.465 e. The molecular formula is C43H60N8O8.